The van der Waals surface area contributed by atoms with Gasteiger partial charge >= 0.3 is 5.97 Å². The van der Waals surface area contributed by atoms with Crippen LogP contribution in [0.2, 0.25) is 0 Å². The molecule has 0 atom stereocenters. The summed E-state index contributed by atoms with van der Waals surface area (Å²) >= 11 is 0. The average Bonchev–Trinajstić information content (AvgIpc) is 3.20. The smallest absolute Gasteiger partial charge is 0.328 e. The molecule has 2 rings (SSSR count). The van der Waals surface area contributed by atoms with Crippen molar-refractivity contribution in [1.29, 1.82) is 0 Å². The average molecular weight is 273 g/mol. The molecule has 1 aromatic carbocycles. The molecule has 20 heavy (non-hydrogen) atoms. The van der Waals surface area contributed by atoms with E-state index in [-0.39, 0.29) is 5.91 Å². The quantitative estimate of drug-likeness (QED) is 0.839. The summed E-state index contributed by atoms with van der Waals surface area (Å²) < 4.78 is 0. The number of rotatable bonds is 5. The number of amides is 1. The molecule has 1 aromatic rings. The van der Waals surface area contributed by atoms with Gasteiger partial charge in [0.05, 0.1) is 0 Å². The van der Waals surface area contributed by atoms with Crippen LogP contribution in [-0.4, -0.2) is 35.5 Å². The summed E-state index contributed by atoms with van der Waals surface area (Å²) in [6, 6.07) is 5.39. The number of carboxylic acids is 1. The van der Waals surface area contributed by atoms with E-state index in [1.165, 1.54) is 18.9 Å². The molecule has 0 bridgehead atoms. The fourth-order valence-corrected chi connectivity index (χ4v) is 2.20. The Balaban J connectivity index is 2.20. The van der Waals surface area contributed by atoms with Crippen LogP contribution in [0.15, 0.2) is 24.3 Å². The van der Waals surface area contributed by atoms with E-state index in [1.807, 2.05) is 20.0 Å². The number of carboxylic acid groups (broad SMARTS) is 1. The van der Waals surface area contributed by atoms with Crippen LogP contribution in [0.1, 0.15) is 34.3 Å². The molecule has 106 valence electrons. The topological polar surface area (TPSA) is 57.6 Å². The van der Waals surface area contributed by atoms with Crippen molar-refractivity contribution < 1.29 is 14.7 Å². The Morgan fingerprint density at radius 2 is 2.10 bits per heavy atom. The molecule has 0 saturated heterocycles. The van der Waals surface area contributed by atoms with Crippen LogP contribution in [0.4, 0.5) is 0 Å². The summed E-state index contributed by atoms with van der Waals surface area (Å²) in [5, 5.41) is 8.68. The predicted molar refractivity (Wildman–Crippen MR) is 77.5 cm³/mol. The van der Waals surface area contributed by atoms with Crippen LogP contribution in [0.3, 0.4) is 0 Å². The summed E-state index contributed by atoms with van der Waals surface area (Å²) in [6.45, 7) is 2.65. The molecule has 1 N–H and O–H groups in total. The number of hydrogen-bond donors (Lipinski definition) is 1. The van der Waals surface area contributed by atoms with Crippen LogP contribution in [0, 0.1) is 12.8 Å². The second kappa shape index (κ2) is 5.90. The van der Waals surface area contributed by atoms with Crippen molar-refractivity contribution in [2.24, 2.45) is 5.92 Å². The van der Waals surface area contributed by atoms with Gasteiger partial charge < -0.3 is 10.0 Å². The van der Waals surface area contributed by atoms with Gasteiger partial charge in [0, 0.05) is 25.2 Å². The van der Waals surface area contributed by atoms with Gasteiger partial charge in [-0.05, 0) is 49.0 Å². The van der Waals surface area contributed by atoms with Gasteiger partial charge in [0.2, 0.25) is 0 Å². The highest BCUT2D eigenvalue weighted by molar-refractivity contribution is 5.96. The van der Waals surface area contributed by atoms with Gasteiger partial charge in [0.15, 0.2) is 0 Å². The molecule has 1 saturated carbocycles. The maximum atomic E-state index is 12.4. The highest BCUT2D eigenvalue weighted by Crippen LogP contribution is 2.30. The van der Waals surface area contributed by atoms with E-state index in [2.05, 4.69) is 0 Å². The van der Waals surface area contributed by atoms with Crippen LogP contribution < -0.4 is 0 Å². The summed E-state index contributed by atoms with van der Waals surface area (Å²) in [5.74, 6) is -0.341. The molecule has 0 radical (unpaired) electrons. The minimum absolute atomic E-state index is 0.0000231. The Hall–Kier alpha value is -2.10. The van der Waals surface area contributed by atoms with E-state index in [1.54, 1.807) is 17.0 Å². The number of hydrogen-bond acceptors (Lipinski definition) is 2. The Morgan fingerprint density at radius 3 is 2.70 bits per heavy atom. The van der Waals surface area contributed by atoms with Gasteiger partial charge in [0.1, 0.15) is 0 Å². The minimum Gasteiger partial charge on any atom is -0.478 e. The van der Waals surface area contributed by atoms with Gasteiger partial charge in [-0.25, -0.2) is 4.79 Å². The van der Waals surface area contributed by atoms with Gasteiger partial charge in [-0.3, -0.25) is 4.79 Å². The first-order valence-electron chi connectivity index (χ1n) is 6.75. The second-order valence-corrected chi connectivity index (χ2v) is 5.32. The van der Waals surface area contributed by atoms with Crippen molar-refractivity contribution in [2.45, 2.75) is 19.8 Å². The summed E-state index contributed by atoms with van der Waals surface area (Å²) in [5.41, 5.74) is 2.22. The molecule has 1 amide bonds. The van der Waals surface area contributed by atoms with E-state index in [0.29, 0.717) is 11.5 Å². The van der Waals surface area contributed by atoms with Crippen LogP contribution in [0.5, 0.6) is 0 Å². The zero-order valence-corrected chi connectivity index (χ0v) is 11.8. The molecule has 0 aliphatic heterocycles. The van der Waals surface area contributed by atoms with Crippen molar-refractivity contribution in [3.63, 3.8) is 0 Å². The lowest BCUT2D eigenvalue weighted by molar-refractivity contribution is -0.131. The van der Waals surface area contributed by atoms with E-state index >= 15 is 0 Å². The van der Waals surface area contributed by atoms with Crippen molar-refractivity contribution in [1.82, 2.24) is 4.90 Å². The van der Waals surface area contributed by atoms with Gasteiger partial charge in [0.25, 0.3) is 5.91 Å². The number of carbonyl (C=O) groups excluding carboxylic acids is 1. The molecule has 0 aromatic heterocycles. The first kappa shape index (κ1) is 14.3. The molecule has 1 aliphatic rings. The highest BCUT2D eigenvalue weighted by Gasteiger charge is 2.25. The van der Waals surface area contributed by atoms with Crippen molar-refractivity contribution in [3.05, 3.63) is 41.0 Å². The standard InChI is InChI=1S/C16H19NO3/c1-11-13(8-9-15(18)19)4-3-5-14(11)16(20)17(2)10-12-6-7-12/h3-5,8-9,12H,6-7,10H2,1-2H3,(H,18,19). The predicted octanol–water partition coefficient (Wildman–Crippen LogP) is 2.57. The second-order valence-electron chi connectivity index (χ2n) is 5.32. The first-order chi connectivity index (χ1) is 9.49. The van der Waals surface area contributed by atoms with Crippen LogP contribution in [0.25, 0.3) is 6.08 Å². The Kier molecular flexibility index (Phi) is 4.23. The maximum absolute atomic E-state index is 12.4. The van der Waals surface area contributed by atoms with E-state index in [4.69, 9.17) is 5.11 Å². The zero-order chi connectivity index (χ0) is 14.7. The van der Waals surface area contributed by atoms with Crippen LogP contribution >= 0.6 is 0 Å². The van der Waals surface area contributed by atoms with Crippen LogP contribution in [-0.2, 0) is 4.79 Å². The lowest BCUT2D eigenvalue weighted by Gasteiger charge is -2.18. The van der Waals surface area contributed by atoms with Gasteiger partial charge in [-0.1, -0.05) is 12.1 Å². The SMILES string of the molecule is Cc1c(C=CC(=O)O)cccc1C(=O)N(C)CC1CC1. The third-order valence-corrected chi connectivity index (χ3v) is 3.59. The van der Waals surface area contributed by atoms with Crippen molar-refractivity contribution in [2.75, 3.05) is 13.6 Å². The Bertz CT molecular complexity index is 559. The molecule has 0 unspecified atom stereocenters. The third-order valence-electron chi connectivity index (χ3n) is 3.59. The van der Waals surface area contributed by atoms with E-state index < -0.39 is 5.97 Å². The number of aliphatic carboxylic acids is 1. The molecule has 1 fully saturated rings. The maximum Gasteiger partial charge on any atom is 0.328 e. The molecule has 0 heterocycles. The summed E-state index contributed by atoms with van der Waals surface area (Å²) in [4.78, 5) is 24.7. The van der Waals surface area contributed by atoms with E-state index in [9.17, 15) is 9.59 Å². The lowest BCUT2D eigenvalue weighted by Crippen LogP contribution is -2.29. The van der Waals surface area contributed by atoms with E-state index in [0.717, 1.165) is 23.7 Å². The van der Waals surface area contributed by atoms with Gasteiger partial charge in [-0.2, -0.15) is 0 Å². The zero-order valence-electron chi connectivity index (χ0n) is 11.8. The molecular weight excluding hydrogens is 254 g/mol. The largest absolute Gasteiger partial charge is 0.478 e. The molecule has 1 aliphatic carbocycles. The van der Waals surface area contributed by atoms with Crippen molar-refractivity contribution >= 4 is 18.0 Å². The fraction of sp³-hybridized carbons (Fsp3) is 0.375. The van der Waals surface area contributed by atoms with Crippen molar-refractivity contribution in [3.8, 4) is 0 Å². The molecular formula is C16H19NO3. The van der Waals surface area contributed by atoms with Gasteiger partial charge in [-0.15, -0.1) is 0 Å². The third kappa shape index (κ3) is 3.47. The molecule has 0 spiro atoms. The summed E-state index contributed by atoms with van der Waals surface area (Å²) in [6.07, 6.45) is 5.02. The number of carbonyl (C=O) groups is 2. The minimum atomic E-state index is -0.994. The monoisotopic (exact) mass is 273 g/mol. The Labute approximate surface area is 118 Å². The fourth-order valence-electron chi connectivity index (χ4n) is 2.20. The summed E-state index contributed by atoms with van der Waals surface area (Å²) in [7, 11) is 1.82. The molecule has 4 heteroatoms. The normalized spacial score (nSPS) is 14.5. The first-order valence-corrected chi connectivity index (χ1v) is 6.75. The number of nitrogens with zero attached hydrogens (tertiary/aromatic N) is 1. The number of benzene rings is 1. The lowest BCUT2D eigenvalue weighted by atomic mass is 10.0. The Morgan fingerprint density at radius 1 is 1.40 bits per heavy atom. The molecule has 4 nitrogen and oxygen atoms in total. The highest BCUT2D eigenvalue weighted by atomic mass is 16.4.